The number of rotatable bonds is 14. The van der Waals surface area contributed by atoms with Crippen LogP contribution in [-0.4, -0.2) is 22.2 Å². The molecule has 0 aliphatic rings. The summed E-state index contributed by atoms with van der Waals surface area (Å²) in [6.45, 7) is 0. The van der Waals surface area contributed by atoms with Crippen LogP contribution in [0, 0.1) is 5.92 Å². The second-order valence-corrected chi connectivity index (χ2v) is 8.75. The van der Waals surface area contributed by atoms with Crippen LogP contribution in [0.1, 0.15) is 69.8 Å². The highest BCUT2D eigenvalue weighted by Crippen LogP contribution is 2.30. The molecule has 0 spiro atoms. The molecule has 3 aromatic carbocycles. The van der Waals surface area contributed by atoms with Crippen LogP contribution in [0.3, 0.4) is 0 Å². The summed E-state index contributed by atoms with van der Waals surface area (Å²) >= 11 is 0. The predicted molar refractivity (Wildman–Crippen MR) is 130 cm³/mol. The first-order chi connectivity index (χ1) is 15.6. The molecule has 0 aromatic heterocycles. The molecule has 4 heteroatoms. The van der Waals surface area contributed by atoms with Crippen molar-refractivity contribution >= 4 is 33.5 Å². The van der Waals surface area contributed by atoms with E-state index >= 15 is 0 Å². The third-order valence-electron chi connectivity index (χ3n) is 6.40. The molecule has 0 aliphatic heterocycles. The van der Waals surface area contributed by atoms with E-state index in [4.69, 9.17) is 10.2 Å². The van der Waals surface area contributed by atoms with Crippen molar-refractivity contribution in [2.75, 3.05) is 0 Å². The quantitative estimate of drug-likeness (QED) is 0.159. The van der Waals surface area contributed by atoms with Gasteiger partial charge in [-0.3, -0.25) is 9.59 Å². The summed E-state index contributed by atoms with van der Waals surface area (Å²) < 4.78 is 0. The van der Waals surface area contributed by atoms with Gasteiger partial charge in [0.2, 0.25) is 0 Å². The second-order valence-electron chi connectivity index (χ2n) is 8.75. The SMILES string of the molecule is O=C(O)C(CCCCCCCCCCCc1c2ccccc2cc2ccccc12)C(=O)O. The summed E-state index contributed by atoms with van der Waals surface area (Å²) in [4.78, 5) is 21.7. The Morgan fingerprint density at radius 3 is 1.56 bits per heavy atom. The second kappa shape index (κ2) is 12.2. The number of fused-ring (bicyclic) bond motifs is 2. The highest BCUT2D eigenvalue weighted by atomic mass is 16.4. The summed E-state index contributed by atoms with van der Waals surface area (Å²) in [5.41, 5.74) is 1.47. The lowest BCUT2D eigenvalue weighted by Crippen LogP contribution is -2.23. The minimum absolute atomic E-state index is 0.230. The largest absolute Gasteiger partial charge is 0.481 e. The van der Waals surface area contributed by atoms with Gasteiger partial charge in [0.15, 0.2) is 5.92 Å². The van der Waals surface area contributed by atoms with E-state index in [1.165, 1.54) is 59.2 Å². The average Bonchev–Trinajstić information content (AvgIpc) is 2.78. The van der Waals surface area contributed by atoms with E-state index in [1.54, 1.807) is 0 Å². The molecule has 0 radical (unpaired) electrons. The van der Waals surface area contributed by atoms with Crippen LogP contribution in [-0.2, 0) is 16.0 Å². The Balaban J connectivity index is 1.34. The summed E-state index contributed by atoms with van der Waals surface area (Å²) in [6, 6.07) is 19.7. The van der Waals surface area contributed by atoms with Gasteiger partial charge in [0.1, 0.15) is 0 Å². The predicted octanol–water partition coefficient (Wildman–Crippen LogP) is 7.22. The van der Waals surface area contributed by atoms with Gasteiger partial charge in [-0.1, -0.05) is 99.9 Å². The summed E-state index contributed by atoms with van der Waals surface area (Å²) in [5.74, 6) is -3.71. The van der Waals surface area contributed by atoms with Crippen LogP contribution in [0.5, 0.6) is 0 Å². The molecule has 0 saturated carbocycles. The first-order valence-electron chi connectivity index (χ1n) is 11.9. The van der Waals surface area contributed by atoms with Gasteiger partial charge in [-0.25, -0.2) is 0 Å². The molecule has 2 N–H and O–H groups in total. The molecule has 32 heavy (non-hydrogen) atoms. The maximum absolute atomic E-state index is 10.9. The number of carboxylic acid groups (broad SMARTS) is 2. The zero-order chi connectivity index (χ0) is 22.8. The van der Waals surface area contributed by atoms with Crippen LogP contribution >= 0.6 is 0 Å². The number of hydrogen-bond donors (Lipinski definition) is 2. The Bertz CT molecular complexity index is 972. The Morgan fingerprint density at radius 2 is 1.06 bits per heavy atom. The Kier molecular flexibility index (Phi) is 9.09. The standard InChI is InChI=1S/C28H34O4/c29-27(30)26(28(31)32)19-9-7-5-3-1-2-4-6-8-18-25-23-16-12-10-14-21(23)20-22-15-11-13-17-24(22)25/h10-17,20,26H,1-9,18-19H2,(H,29,30)(H,31,32). The summed E-state index contributed by atoms with van der Waals surface area (Å²) in [5, 5.41) is 23.2. The topological polar surface area (TPSA) is 74.6 Å². The van der Waals surface area contributed by atoms with Gasteiger partial charge in [0, 0.05) is 0 Å². The fourth-order valence-corrected chi connectivity index (χ4v) is 4.62. The fraction of sp³-hybridized carbons (Fsp3) is 0.429. The Hall–Kier alpha value is -2.88. The van der Waals surface area contributed by atoms with Gasteiger partial charge in [0.25, 0.3) is 0 Å². The lowest BCUT2D eigenvalue weighted by atomic mass is 9.93. The van der Waals surface area contributed by atoms with Crippen LogP contribution in [0.2, 0.25) is 0 Å². The number of benzene rings is 3. The van der Waals surface area contributed by atoms with Crippen molar-refractivity contribution in [2.45, 2.75) is 70.6 Å². The van der Waals surface area contributed by atoms with Crippen molar-refractivity contribution in [1.82, 2.24) is 0 Å². The summed E-state index contributed by atoms with van der Waals surface area (Å²) in [7, 11) is 0. The number of carbonyl (C=O) groups is 2. The summed E-state index contributed by atoms with van der Waals surface area (Å²) in [6.07, 6.45) is 11.2. The molecule has 0 amide bonds. The molecule has 3 aromatic rings. The molecule has 0 bridgehead atoms. The van der Waals surface area contributed by atoms with E-state index < -0.39 is 17.9 Å². The van der Waals surface area contributed by atoms with Crippen LogP contribution in [0.25, 0.3) is 21.5 Å². The van der Waals surface area contributed by atoms with Crippen molar-refractivity contribution < 1.29 is 19.8 Å². The zero-order valence-corrected chi connectivity index (χ0v) is 18.8. The monoisotopic (exact) mass is 434 g/mol. The van der Waals surface area contributed by atoms with E-state index in [1.807, 2.05) is 0 Å². The molecule has 0 aliphatic carbocycles. The van der Waals surface area contributed by atoms with Crippen LogP contribution in [0.4, 0.5) is 0 Å². The van der Waals surface area contributed by atoms with E-state index in [-0.39, 0.29) is 6.42 Å². The minimum Gasteiger partial charge on any atom is -0.481 e. The maximum atomic E-state index is 10.9. The maximum Gasteiger partial charge on any atom is 0.317 e. The molecule has 0 atom stereocenters. The van der Waals surface area contributed by atoms with Crippen molar-refractivity contribution in [3.05, 3.63) is 60.2 Å². The molecule has 3 rings (SSSR count). The van der Waals surface area contributed by atoms with Gasteiger partial charge in [-0.2, -0.15) is 0 Å². The van der Waals surface area contributed by atoms with Crippen molar-refractivity contribution in [2.24, 2.45) is 5.92 Å². The lowest BCUT2D eigenvalue weighted by Gasteiger charge is -2.11. The molecular weight excluding hydrogens is 400 g/mol. The molecule has 0 unspecified atom stereocenters. The average molecular weight is 435 g/mol. The van der Waals surface area contributed by atoms with E-state index in [9.17, 15) is 9.59 Å². The third kappa shape index (κ3) is 6.56. The van der Waals surface area contributed by atoms with Gasteiger partial charge < -0.3 is 10.2 Å². The highest BCUT2D eigenvalue weighted by Gasteiger charge is 2.24. The third-order valence-corrected chi connectivity index (χ3v) is 6.40. The normalized spacial score (nSPS) is 11.4. The number of aryl methyl sites for hydroxylation is 1. The molecule has 0 saturated heterocycles. The first kappa shape index (κ1) is 23.8. The molecule has 0 fully saturated rings. The van der Waals surface area contributed by atoms with Gasteiger partial charge >= 0.3 is 11.9 Å². The van der Waals surface area contributed by atoms with Crippen molar-refractivity contribution in [3.63, 3.8) is 0 Å². The number of carboxylic acids is 2. The van der Waals surface area contributed by atoms with Crippen molar-refractivity contribution in [3.8, 4) is 0 Å². The highest BCUT2D eigenvalue weighted by molar-refractivity contribution is 6.02. The Morgan fingerprint density at radius 1 is 0.625 bits per heavy atom. The Labute approximate surface area is 190 Å². The number of hydrogen-bond acceptors (Lipinski definition) is 2. The van der Waals surface area contributed by atoms with Crippen LogP contribution < -0.4 is 0 Å². The molecular formula is C28H34O4. The van der Waals surface area contributed by atoms with E-state index in [2.05, 4.69) is 54.6 Å². The number of aliphatic carboxylic acids is 2. The first-order valence-corrected chi connectivity index (χ1v) is 11.9. The zero-order valence-electron chi connectivity index (χ0n) is 18.8. The van der Waals surface area contributed by atoms with E-state index in [0.717, 1.165) is 25.7 Å². The minimum atomic E-state index is -1.26. The molecule has 0 heterocycles. The smallest absolute Gasteiger partial charge is 0.317 e. The van der Waals surface area contributed by atoms with Gasteiger partial charge in [-0.05, 0) is 52.4 Å². The fourth-order valence-electron chi connectivity index (χ4n) is 4.62. The van der Waals surface area contributed by atoms with Crippen molar-refractivity contribution in [1.29, 1.82) is 0 Å². The van der Waals surface area contributed by atoms with Gasteiger partial charge in [-0.15, -0.1) is 0 Å². The molecule has 4 nitrogen and oxygen atoms in total. The van der Waals surface area contributed by atoms with E-state index in [0.29, 0.717) is 6.42 Å². The number of unbranched alkanes of at least 4 members (excludes halogenated alkanes) is 8. The van der Waals surface area contributed by atoms with Gasteiger partial charge in [0.05, 0.1) is 0 Å². The lowest BCUT2D eigenvalue weighted by molar-refractivity contribution is -0.154. The van der Waals surface area contributed by atoms with Crippen LogP contribution in [0.15, 0.2) is 54.6 Å². The molecule has 170 valence electrons.